The molecule has 0 radical (unpaired) electrons. The van der Waals surface area contributed by atoms with Gasteiger partial charge in [-0.05, 0) is 25.0 Å². The highest BCUT2D eigenvalue weighted by Crippen LogP contribution is 2.11. The number of amides is 1. The van der Waals surface area contributed by atoms with Crippen LogP contribution in [0.15, 0.2) is 48.7 Å². The third-order valence-corrected chi connectivity index (χ3v) is 2.91. The molecule has 104 valence electrons. The average Bonchev–Trinajstić information content (AvgIpc) is 2.47. The normalized spacial score (nSPS) is 11.7. The molecule has 0 spiro atoms. The average molecular weight is 270 g/mol. The van der Waals surface area contributed by atoms with Gasteiger partial charge in [-0.3, -0.25) is 4.79 Å². The minimum atomic E-state index is -0.163. The van der Waals surface area contributed by atoms with Gasteiger partial charge in [-0.1, -0.05) is 36.4 Å². The molecule has 1 N–H and O–H groups in total. The first-order valence-electron chi connectivity index (χ1n) is 6.55. The predicted octanol–water partition coefficient (Wildman–Crippen LogP) is 2.65. The highest BCUT2D eigenvalue weighted by Gasteiger charge is 2.09. The van der Waals surface area contributed by atoms with Gasteiger partial charge in [0.15, 0.2) is 6.61 Å². The molecule has 0 aliphatic rings. The smallest absolute Gasteiger partial charge is 0.258 e. The first-order valence-corrected chi connectivity index (χ1v) is 6.55. The Labute approximate surface area is 118 Å². The van der Waals surface area contributed by atoms with E-state index < -0.39 is 0 Å². The van der Waals surface area contributed by atoms with Gasteiger partial charge in [0.1, 0.15) is 0 Å². The van der Waals surface area contributed by atoms with E-state index in [1.54, 1.807) is 12.3 Å². The Morgan fingerprint density at radius 1 is 1.25 bits per heavy atom. The van der Waals surface area contributed by atoms with Crippen LogP contribution in [-0.2, 0) is 4.79 Å². The Kier molecular flexibility index (Phi) is 4.71. The number of rotatable bonds is 5. The summed E-state index contributed by atoms with van der Waals surface area (Å²) in [6, 6.07) is 13.4. The van der Waals surface area contributed by atoms with Crippen molar-refractivity contribution in [3.8, 4) is 5.88 Å². The van der Waals surface area contributed by atoms with Crippen molar-refractivity contribution in [1.82, 2.24) is 10.3 Å². The number of nitrogens with zero attached hydrogens (tertiary/aromatic N) is 1. The van der Waals surface area contributed by atoms with Gasteiger partial charge in [0.05, 0.1) is 6.04 Å². The lowest BCUT2D eigenvalue weighted by molar-refractivity contribution is -0.123. The fraction of sp³-hybridized carbons (Fsp3) is 0.250. The molecule has 1 heterocycles. The Bertz CT molecular complexity index is 552. The first kappa shape index (κ1) is 14.1. The van der Waals surface area contributed by atoms with E-state index >= 15 is 0 Å². The molecule has 0 aliphatic heterocycles. The van der Waals surface area contributed by atoms with Gasteiger partial charge in [-0.2, -0.15) is 0 Å². The molecule has 0 aliphatic carbocycles. The summed E-state index contributed by atoms with van der Waals surface area (Å²) in [6.45, 7) is 3.86. The molecular formula is C16H18N2O2. The van der Waals surface area contributed by atoms with Crippen molar-refractivity contribution < 1.29 is 9.53 Å². The lowest BCUT2D eigenvalue weighted by Gasteiger charge is -2.14. The largest absolute Gasteiger partial charge is 0.468 e. The van der Waals surface area contributed by atoms with Crippen LogP contribution in [0.2, 0.25) is 0 Å². The highest BCUT2D eigenvalue weighted by molar-refractivity contribution is 5.77. The molecule has 1 amide bonds. The van der Waals surface area contributed by atoms with Crippen molar-refractivity contribution >= 4 is 5.91 Å². The zero-order chi connectivity index (χ0) is 14.4. The minimum absolute atomic E-state index is 0.0345. The van der Waals surface area contributed by atoms with Gasteiger partial charge in [-0.25, -0.2) is 4.98 Å². The zero-order valence-corrected chi connectivity index (χ0v) is 11.7. The van der Waals surface area contributed by atoms with Gasteiger partial charge in [-0.15, -0.1) is 0 Å². The molecule has 20 heavy (non-hydrogen) atoms. The maximum atomic E-state index is 11.8. The number of hydrogen-bond donors (Lipinski definition) is 1. The molecule has 1 aromatic carbocycles. The number of carbonyl (C=O) groups excluding carboxylic acids is 1. The van der Waals surface area contributed by atoms with Crippen molar-refractivity contribution in [2.45, 2.75) is 19.9 Å². The molecule has 0 saturated heterocycles. The van der Waals surface area contributed by atoms with E-state index in [4.69, 9.17) is 4.74 Å². The predicted molar refractivity (Wildman–Crippen MR) is 77.5 cm³/mol. The molecule has 2 aromatic rings. The van der Waals surface area contributed by atoms with Crippen molar-refractivity contribution in [2.24, 2.45) is 0 Å². The first-order chi connectivity index (χ1) is 9.65. The van der Waals surface area contributed by atoms with Gasteiger partial charge in [0.2, 0.25) is 5.88 Å². The van der Waals surface area contributed by atoms with Crippen LogP contribution in [0.25, 0.3) is 0 Å². The number of carbonyl (C=O) groups is 1. The van der Waals surface area contributed by atoms with Gasteiger partial charge >= 0.3 is 0 Å². The summed E-state index contributed by atoms with van der Waals surface area (Å²) in [6.07, 6.45) is 1.71. The Morgan fingerprint density at radius 3 is 2.65 bits per heavy atom. The van der Waals surface area contributed by atoms with Crippen LogP contribution in [0.3, 0.4) is 0 Å². The fourth-order valence-electron chi connectivity index (χ4n) is 1.79. The van der Waals surface area contributed by atoms with Crippen LogP contribution >= 0.6 is 0 Å². The SMILES string of the molecule is Cc1ccc(OCC(=O)N[C@H](C)c2ccccc2)nc1. The monoisotopic (exact) mass is 270 g/mol. The maximum Gasteiger partial charge on any atom is 0.258 e. The number of ether oxygens (including phenoxy) is 1. The molecular weight excluding hydrogens is 252 g/mol. The summed E-state index contributed by atoms with van der Waals surface area (Å²) in [7, 11) is 0. The molecule has 4 nitrogen and oxygen atoms in total. The van der Waals surface area contributed by atoms with Gasteiger partial charge in [0.25, 0.3) is 5.91 Å². The quantitative estimate of drug-likeness (QED) is 0.908. The van der Waals surface area contributed by atoms with Crippen LogP contribution in [-0.4, -0.2) is 17.5 Å². The number of aryl methyl sites for hydroxylation is 1. The van der Waals surface area contributed by atoms with E-state index in [2.05, 4.69) is 10.3 Å². The van der Waals surface area contributed by atoms with Crippen molar-refractivity contribution in [1.29, 1.82) is 0 Å². The van der Waals surface area contributed by atoms with Crippen molar-refractivity contribution in [3.63, 3.8) is 0 Å². The molecule has 0 fully saturated rings. The summed E-state index contributed by atoms with van der Waals surface area (Å²) in [5, 5.41) is 2.89. The van der Waals surface area contributed by atoms with Crippen molar-refractivity contribution in [2.75, 3.05) is 6.61 Å². The molecule has 0 saturated carbocycles. The molecule has 1 aromatic heterocycles. The Morgan fingerprint density at radius 2 is 2.00 bits per heavy atom. The maximum absolute atomic E-state index is 11.8. The second kappa shape index (κ2) is 6.70. The lowest BCUT2D eigenvalue weighted by Crippen LogP contribution is -2.31. The van der Waals surface area contributed by atoms with Gasteiger partial charge < -0.3 is 10.1 Å². The van der Waals surface area contributed by atoms with Crippen LogP contribution < -0.4 is 10.1 Å². The van der Waals surface area contributed by atoms with Crippen molar-refractivity contribution in [3.05, 3.63) is 59.8 Å². The third-order valence-electron chi connectivity index (χ3n) is 2.91. The molecule has 0 bridgehead atoms. The second-order valence-corrected chi connectivity index (χ2v) is 4.66. The summed E-state index contributed by atoms with van der Waals surface area (Å²) in [5.74, 6) is 0.293. The minimum Gasteiger partial charge on any atom is -0.468 e. The van der Waals surface area contributed by atoms with Gasteiger partial charge in [0, 0.05) is 12.3 Å². The number of benzene rings is 1. The molecule has 0 unspecified atom stereocenters. The van der Waals surface area contributed by atoms with E-state index in [0.717, 1.165) is 11.1 Å². The van der Waals surface area contributed by atoms with E-state index in [1.165, 1.54) is 0 Å². The topological polar surface area (TPSA) is 51.2 Å². The van der Waals surface area contributed by atoms with Crippen LogP contribution in [0.1, 0.15) is 24.1 Å². The van der Waals surface area contributed by atoms with Crippen LogP contribution in [0.4, 0.5) is 0 Å². The summed E-state index contributed by atoms with van der Waals surface area (Å²) in [5.41, 5.74) is 2.12. The van der Waals surface area contributed by atoms with E-state index in [0.29, 0.717) is 5.88 Å². The van der Waals surface area contributed by atoms with Crippen LogP contribution in [0, 0.1) is 6.92 Å². The zero-order valence-electron chi connectivity index (χ0n) is 11.7. The Balaban J connectivity index is 1.82. The van der Waals surface area contributed by atoms with E-state index in [9.17, 15) is 4.79 Å². The lowest BCUT2D eigenvalue weighted by atomic mass is 10.1. The highest BCUT2D eigenvalue weighted by atomic mass is 16.5. The second-order valence-electron chi connectivity index (χ2n) is 4.66. The third kappa shape index (κ3) is 4.09. The molecule has 4 heteroatoms. The number of nitrogens with one attached hydrogen (secondary N) is 1. The fourth-order valence-corrected chi connectivity index (χ4v) is 1.79. The summed E-state index contributed by atoms with van der Waals surface area (Å²) >= 11 is 0. The number of pyridine rings is 1. The number of aromatic nitrogens is 1. The standard InChI is InChI=1S/C16H18N2O2/c1-12-8-9-16(17-10-12)20-11-15(19)18-13(2)14-6-4-3-5-7-14/h3-10,13H,11H2,1-2H3,(H,18,19)/t13-/m1/s1. The number of hydrogen-bond acceptors (Lipinski definition) is 3. The van der Waals surface area contributed by atoms with E-state index in [1.807, 2.05) is 50.2 Å². The van der Waals surface area contributed by atoms with E-state index in [-0.39, 0.29) is 18.6 Å². The molecule has 2 rings (SSSR count). The van der Waals surface area contributed by atoms with Crippen LogP contribution in [0.5, 0.6) is 5.88 Å². The molecule has 1 atom stereocenters. The summed E-state index contributed by atoms with van der Waals surface area (Å²) in [4.78, 5) is 15.9. The summed E-state index contributed by atoms with van der Waals surface area (Å²) < 4.78 is 5.34. The Hall–Kier alpha value is -2.36.